The van der Waals surface area contributed by atoms with Crippen molar-refractivity contribution in [1.29, 1.82) is 0 Å². The third-order valence-corrected chi connectivity index (χ3v) is 5.66. The maximum Gasteiger partial charge on any atom is 0.262 e. The molecule has 4 nitrogen and oxygen atoms in total. The number of halogens is 3. The fraction of sp³-hybridized carbons (Fsp3) is 0.333. The smallest absolute Gasteiger partial charge is 0.262 e. The molecule has 1 fully saturated rings. The van der Waals surface area contributed by atoms with Gasteiger partial charge in [-0.05, 0) is 25.0 Å². The van der Waals surface area contributed by atoms with Crippen molar-refractivity contribution >= 4 is 68.0 Å². The lowest BCUT2D eigenvalue weighted by atomic mass is 10.2. The summed E-state index contributed by atoms with van der Waals surface area (Å²) in [6.07, 6.45) is 1.91. The Kier molecular flexibility index (Phi) is 5.01. The van der Waals surface area contributed by atoms with Gasteiger partial charge in [-0.2, -0.15) is 0 Å². The molecule has 2 N–H and O–H groups in total. The molecule has 1 aromatic heterocycles. The van der Waals surface area contributed by atoms with Gasteiger partial charge in [-0.1, -0.05) is 34.8 Å². The predicted octanol–water partition coefficient (Wildman–Crippen LogP) is 4.12. The standard InChI is InChI=1S/C15H13Cl3N2O2S/c16-8-5-9(17)11-10(6-8)23-13(12(11)18)15(22)20-4-3-19-14(21)7-1-2-7/h5-7H,1-4H2,(H,19,21)(H,20,22). The Morgan fingerprint density at radius 2 is 1.83 bits per heavy atom. The molecule has 0 saturated heterocycles. The minimum Gasteiger partial charge on any atom is -0.354 e. The molecule has 1 heterocycles. The number of hydrogen-bond acceptors (Lipinski definition) is 3. The fourth-order valence-corrected chi connectivity index (χ4v) is 4.48. The van der Waals surface area contributed by atoms with Crippen LogP contribution in [0.5, 0.6) is 0 Å². The van der Waals surface area contributed by atoms with Crippen LogP contribution in [0.2, 0.25) is 15.1 Å². The zero-order valence-electron chi connectivity index (χ0n) is 11.9. The number of carbonyl (C=O) groups is 2. The molecule has 8 heteroatoms. The second-order valence-corrected chi connectivity index (χ2v) is 7.60. The first-order chi connectivity index (χ1) is 11.0. The Balaban J connectivity index is 1.65. The molecular formula is C15H13Cl3N2O2S. The first kappa shape index (κ1) is 16.8. The number of amides is 2. The molecule has 0 spiro atoms. The lowest BCUT2D eigenvalue weighted by molar-refractivity contribution is -0.122. The van der Waals surface area contributed by atoms with Crippen LogP contribution in [0.3, 0.4) is 0 Å². The second kappa shape index (κ2) is 6.85. The minimum absolute atomic E-state index is 0.0561. The highest BCUT2D eigenvalue weighted by Gasteiger charge is 2.29. The summed E-state index contributed by atoms with van der Waals surface area (Å²) in [5.74, 6) is -0.0701. The van der Waals surface area contributed by atoms with Gasteiger partial charge in [-0.25, -0.2) is 0 Å². The van der Waals surface area contributed by atoms with Crippen molar-refractivity contribution in [1.82, 2.24) is 10.6 Å². The fourth-order valence-electron chi connectivity index (χ4n) is 2.19. The molecule has 0 aliphatic heterocycles. The molecule has 2 aromatic rings. The zero-order chi connectivity index (χ0) is 16.6. The first-order valence-electron chi connectivity index (χ1n) is 7.10. The maximum absolute atomic E-state index is 12.2. The maximum atomic E-state index is 12.2. The van der Waals surface area contributed by atoms with E-state index >= 15 is 0 Å². The summed E-state index contributed by atoms with van der Waals surface area (Å²) in [6.45, 7) is 0.743. The molecule has 0 atom stereocenters. The van der Waals surface area contributed by atoms with E-state index in [2.05, 4.69) is 10.6 Å². The average Bonchev–Trinajstić information content (AvgIpc) is 3.27. The van der Waals surface area contributed by atoms with E-state index in [-0.39, 0.29) is 17.7 Å². The van der Waals surface area contributed by atoms with Crippen LogP contribution in [0.1, 0.15) is 22.5 Å². The Labute approximate surface area is 152 Å². The Hall–Kier alpha value is -1.01. The van der Waals surface area contributed by atoms with Gasteiger partial charge in [0.05, 0.1) is 10.0 Å². The Morgan fingerprint density at radius 1 is 1.13 bits per heavy atom. The van der Waals surface area contributed by atoms with E-state index in [1.807, 2.05) is 0 Å². The van der Waals surface area contributed by atoms with Crippen LogP contribution in [0.25, 0.3) is 10.1 Å². The van der Waals surface area contributed by atoms with Gasteiger partial charge < -0.3 is 10.6 Å². The third-order valence-electron chi connectivity index (χ3n) is 3.51. The van der Waals surface area contributed by atoms with Crippen molar-refractivity contribution in [3.8, 4) is 0 Å². The summed E-state index contributed by atoms with van der Waals surface area (Å²) < 4.78 is 0.764. The summed E-state index contributed by atoms with van der Waals surface area (Å²) in [7, 11) is 0. The molecule has 23 heavy (non-hydrogen) atoms. The summed E-state index contributed by atoms with van der Waals surface area (Å²) in [6, 6.07) is 3.32. The first-order valence-corrected chi connectivity index (χ1v) is 9.05. The zero-order valence-corrected chi connectivity index (χ0v) is 15.0. The average molecular weight is 392 g/mol. The van der Waals surface area contributed by atoms with E-state index in [0.29, 0.717) is 38.4 Å². The van der Waals surface area contributed by atoms with Crippen LogP contribution in [0.15, 0.2) is 12.1 Å². The number of fused-ring (bicyclic) bond motifs is 1. The van der Waals surface area contributed by atoms with E-state index in [1.54, 1.807) is 12.1 Å². The number of nitrogens with one attached hydrogen (secondary N) is 2. The molecule has 2 amide bonds. The number of carbonyl (C=O) groups excluding carboxylic acids is 2. The van der Waals surface area contributed by atoms with Crippen molar-refractivity contribution in [3.63, 3.8) is 0 Å². The van der Waals surface area contributed by atoms with Gasteiger partial charge in [0.2, 0.25) is 5.91 Å². The van der Waals surface area contributed by atoms with E-state index < -0.39 is 0 Å². The number of hydrogen-bond donors (Lipinski definition) is 2. The van der Waals surface area contributed by atoms with Gasteiger partial charge in [0.15, 0.2) is 0 Å². The van der Waals surface area contributed by atoms with E-state index in [9.17, 15) is 9.59 Å². The molecule has 1 saturated carbocycles. The minimum atomic E-state index is -0.288. The normalized spacial score (nSPS) is 14.0. The van der Waals surface area contributed by atoms with Gasteiger partial charge in [0.1, 0.15) is 4.88 Å². The lowest BCUT2D eigenvalue weighted by Crippen LogP contribution is -2.35. The molecule has 1 aliphatic rings. The summed E-state index contributed by atoms with van der Waals surface area (Å²) in [4.78, 5) is 24.1. The van der Waals surface area contributed by atoms with Crippen molar-refractivity contribution in [2.75, 3.05) is 13.1 Å². The molecule has 0 bridgehead atoms. The SMILES string of the molecule is O=C(NCCNC(=O)C1CC1)c1sc2cc(Cl)cc(Cl)c2c1Cl. The molecule has 1 aromatic carbocycles. The molecular weight excluding hydrogens is 379 g/mol. The topological polar surface area (TPSA) is 58.2 Å². The predicted molar refractivity (Wildman–Crippen MR) is 94.9 cm³/mol. The second-order valence-electron chi connectivity index (χ2n) is 5.33. The van der Waals surface area contributed by atoms with Crippen molar-refractivity contribution in [2.45, 2.75) is 12.8 Å². The van der Waals surface area contributed by atoms with Crippen LogP contribution in [0.4, 0.5) is 0 Å². The van der Waals surface area contributed by atoms with E-state index in [0.717, 1.165) is 17.5 Å². The molecule has 0 unspecified atom stereocenters. The highest BCUT2D eigenvalue weighted by Crippen LogP contribution is 2.41. The van der Waals surface area contributed by atoms with Crippen LogP contribution in [-0.4, -0.2) is 24.9 Å². The number of benzene rings is 1. The van der Waals surface area contributed by atoms with Gasteiger partial charge in [-0.3, -0.25) is 9.59 Å². The van der Waals surface area contributed by atoms with Crippen molar-refractivity contribution < 1.29 is 9.59 Å². The summed E-state index contributed by atoms with van der Waals surface area (Å²) in [5, 5.41) is 7.41. The van der Waals surface area contributed by atoms with Gasteiger partial charge >= 0.3 is 0 Å². The highest BCUT2D eigenvalue weighted by molar-refractivity contribution is 7.21. The van der Waals surface area contributed by atoms with Crippen LogP contribution in [-0.2, 0) is 4.79 Å². The van der Waals surface area contributed by atoms with Crippen molar-refractivity contribution in [2.24, 2.45) is 5.92 Å². The molecule has 0 radical (unpaired) electrons. The largest absolute Gasteiger partial charge is 0.354 e. The molecule has 3 rings (SSSR count). The van der Waals surface area contributed by atoms with Gasteiger partial charge in [0, 0.05) is 34.1 Å². The summed E-state index contributed by atoms with van der Waals surface area (Å²) in [5.41, 5.74) is 0. The lowest BCUT2D eigenvalue weighted by Gasteiger charge is -2.05. The van der Waals surface area contributed by atoms with Crippen LogP contribution in [0, 0.1) is 5.92 Å². The van der Waals surface area contributed by atoms with E-state index in [4.69, 9.17) is 34.8 Å². The molecule has 1 aliphatic carbocycles. The number of rotatable bonds is 5. The third kappa shape index (κ3) is 3.74. The van der Waals surface area contributed by atoms with Gasteiger partial charge in [-0.15, -0.1) is 11.3 Å². The quantitative estimate of drug-likeness (QED) is 0.753. The molecule has 122 valence electrons. The Bertz CT molecular complexity index is 787. The van der Waals surface area contributed by atoms with Crippen LogP contribution >= 0.6 is 46.1 Å². The summed E-state index contributed by atoms with van der Waals surface area (Å²) >= 11 is 19.6. The van der Waals surface area contributed by atoms with E-state index in [1.165, 1.54) is 11.3 Å². The van der Waals surface area contributed by atoms with Crippen molar-refractivity contribution in [3.05, 3.63) is 32.1 Å². The van der Waals surface area contributed by atoms with Gasteiger partial charge in [0.25, 0.3) is 5.91 Å². The number of thiophene rings is 1. The highest BCUT2D eigenvalue weighted by atomic mass is 35.5. The van der Waals surface area contributed by atoms with Crippen LogP contribution < -0.4 is 10.6 Å². The Morgan fingerprint density at radius 3 is 2.52 bits per heavy atom. The monoisotopic (exact) mass is 390 g/mol.